The fourth-order valence-corrected chi connectivity index (χ4v) is 1.03. The number of anilines is 1. The highest BCUT2D eigenvalue weighted by Gasteiger charge is 2.28. The third kappa shape index (κ3) is 2.67. The Kier molecular flexibility index (Phi) is 3.64. The maximum Gasteiger partial charge on any atom is 0.338 e. The number of nitrogens with one attached hydrogen (secondary N) is 1. The first-order chi connectivity index (χ1) is 7.06. The molecule has 0 saturated heterocycles. The third-order valence-electron chi connectivity index (χ3n) is 1.76. The van der Waals surface area contributed by atoms with Crippen LogP contribution in [0, 0.1) is 0 Å². The molecule has 0 fully saturated rings. The molecule has 2 atom stereocenters. The molecule has 15 heavy (non-hydrogen) atoms. The molecule has 1 heterocycles. The monoisotopic (exact) mass is 215 g/mol. The molecule has 1 rings (SSSR count). The van der Waals surface area contributed by atoms with Crippen LogP contribution >= 0.6 is 0 Å². The van der Waals surface area contributed by atoms with Gasteiger partial charge in [0, 0.05) is 6.07 Å². The van der Waals surface area contributed by atoms with Crippen LogP contribution in [0.5, 0.6) is 0 Å². The lowest BCUT2D eigenvalue weighted by Crippen LogP contribution is -2.30. The Morgan fingerprint density at radius 1 is 1.73 bits per heavy atom. The number of aromatic amines is 1. The molecule has 0 amide bonds. The topological polar surface area (TPSA) is 121 Å². The molecule has 1 aromatic heterocycles. The van der Waals surface area contributed by atoms with Gasteiger partial charge in [-0.1, -0.05) is 0 Å². The summed E-state index contributed by atoms with van der Waals surface area (Å²) in [5.74, 6) is -0.724. The molecule has 1 aromatic rings. The summed E-state index contributed by atoms with van der Waals surface area (Å²) in [5.41, 5.74) is 5.46. The number of hydrogen-bond donors (Lipinski definition) is 4. The van der Waals surface area contributed by atoms with E-state index in [9.17, 15) is 15.0 Å². The number of hydrogen-bond acceptors (Lipinski definition) is 6. The largest absolute Gasteiger partial charge is 0.464 e. The number of carbonyl (C=O) groups excluding carboxylic acids is 1. The average Bonchev–Trinajstić information content (AvgIpc) is 2.63. The van der Waals surface area contributed by atoms with Gasteiger partial charge in [-0.15, -0.1) is 0 Å². The first-order valence-corrected chi connectivity index (χ1v) is 4.39. The van der Waals surface area contributed by atoms with Gasteiger partial charge in [-0.3, -0.25) is 5.10 Å². The van der Waals surface area contributed by atoms with Crippen molar-refractivity contribution in [1.82, 2.24) is 10.2 Å². The Morgan fingerprint density at radius 3 is 2.87 bits per heavy atom. The van der Waals surface area contributed by atoms with Crippen molar-refractivity contribution in [2.45, 2.75) is 19.1 Å². The Labute approximate surface area is 85.9 Å². The van der Waals surface area contributed by atoms with Crippen LogP contribution in [0.15, 0.2) is 6.07 Å². The van der Waals surface area contributed by atoms with Gasteiger partial charge in [0.2, 0.25) is 0 Å². The van der Waals surface area contributed by atoms with Crippen LogP contribution in [0.2, 0.25) is 0 Å². The van der Waals surface area contributed by atoms with Crippen LogP contribution in [-0.4, -0.2) is 39.1 Å². The van der Waals surface area contributed by atoms with E-state index in [4.69, 9.17) is 5.73 Å². The van der Waals surface area contributed by atoms with Gasteiger partial charge in [-0.2, -0.15) is 5.10 Å². The van der Waals surface area contributed by atoms with E-state index >= 15 is 0 Å². The Balaban J connectivity index is 2.67. The summed E-state index contributed by atoms with van der Waals surface area (Å²) in [4.78, 5) is 11.1. The van der Waals surface area contributed by atoms with Crippen LogP contribution in [-0.2, 0) is 9.53 Å². The van der Waals surface area contributed by atoms with Crippen molar-refractivity contribution < 1.29 is 19.7 Å². The van der Waals surface area contributed by atoms with Crippen LogP contribution < -0.4 is 5.73 Å². The van der Waals surface area contributed by atoms with E-state index in [1.807, 2.05) is 0 Å². The van der Waals surface area contributed by atoms with Crippen molar-refractivity contribution in [3.63, 3.8) is 0 Å². The van der Waals surface area contributed by atoms with Crippen molar-refractivity contribution in [3.8, 4) is 0 Å². The maximum absolute atomic E-state index is 11.1. The number of rotatable bonds is 4. The molecule has 0 aliphatic rings. The molecular formula is C8H13N3O4. The molecule has 7 nitrogen and oxygen atoms in total. The van der Waals surface area contributed by atoms with Crippen molar-refractivity contribution in [2.24, 2.45) is 0 Å². The number of aliphatic hydroxyl groups is 2. The summed E-state index contributed by atoms with van der Waals surface area (Å²) in [6.07, 6.45) is -3.07. The fourth-order valence-electron chi connectivity index (χ4n) is 1.03. The second-order valence-corrected chi connectivity index (χ2v) is 2.89. The first-order valence-electron chi connectivity index (χ1n) is 4.39. The van der Waals surface area contributed by atoms with Crippen molar-refractivity contribution >= 4 is 11.8 Å². The number of H-pyrrole nitrogens is 1. The zero-order valence-electron chi connectivity index (χ0n) is 8.17. The van der Waals surface area contributed by atoms with E-state index in [1.54, 1.807) is 6.92 Å². The van der Waals surface area contributed by atoms with Gasteiger partial charge in [-0.05, 0) is 6.92 Å². The van der Waals surface area contributed by atoms with Gasteiger partial charge in [0.1, 0.15) is 11.9 Å². The maximum atomic E-state index is 11.1. The highest BCUT2D eigenvalue weighted by atomic mass is 16.5. The molecule has 0 aliphatic heterocycles. The average molecular weight is 215 g/mol. The van der Waals surface area contributed by atoms with E-state index in [0.29, 0.717) is 0 Å². The van der Waals surface area contributed by atoms with Gasteiger partial charge in [0.15, 0.2) is 6.10 Å². The molecule has 5 N–H and O–H groups in total. The van der Waals surface area contributed by atoms with Gasteiger partial charge < -0.3 is 20.7 Å². The van der Waals surface area contributed by atoms with E-state index in [0.717, 1.165) is 0 Å². The van der Waals surface area contributed by atoms with Gasteiger partial charge in [0.25, 0.3) is 0 Å². The molecule has 7 heteroatoms. The van der Waals surface area contributed by atoms with Gasteiger partial charge in [-0.25, -0.2) is 4.79 Å². The molecule has 84 valence electrons. The number of ether oxygens (including phenoxy) is 1. The lowest BCUT2D eigenvalue weighted by atomic mass is 10.1. The smallest absolute Gasteiger partial charge is 0.338 e. The quantitative estimate of drug-likeness (QED) is 0.475. The van der Waals surface area contributed by atoms with E-state index in [2.05, 4.69) is 14.9 Å². The van der Waals surface area contributed by atoms with Crippen LogP contribution in [0.25, 0.3) is 0 Å². The zero-order chi connectivity index (χ0) is 11.4. The fraction of sp³-hybridized carbons (Fsp3) is 0.500. The van der Waals surface area contributed by atoms with Crippen LogP contribution in [0.3, 0.4) is 0 Å². The number of carbonyl (C=O) groups is 1. The molecule has 0 aromatic carbocycles. The molecule has 0 radical (unpaired) electrons. The highest BCUT2D eigenvalue weighted by Crippen LogP contribution is 2.16. The van der Waals surface area contributed by atoms with E-state index < -0.39 is 18.2 Å². The minimum Gasteiger partial charge on any atom is -0.464 e. The van der Waals surface area contributed by atoms with Crippen LogP contribution in [0.4, 0.5) is 5.82 Å². The van der Waals surface area contributed by atoms with Gasteiger partial charge >= 0.3 is 5.97 Å². The van der Waals surface area contributed by atoms with E-state index in [-0.39, 0.29) is 18.1 Å². The Bertz CT molecular complexity index is 338. The normalized spacial score (nSPS) is 14.6. The predicted octanol–water partition coefficient (Wildman–Crippen LogP) is -1.05. The van der Waals surface area contributed by atoms with E-state index in [1.165, 1.54) is 6.07 Å². The van der Waals surface area contributed by atoms with Gasteiger partial charge in [0.05, 0.1) is 12.3 Å². The number of nitrogen functional groups attached to an aromatic ring is 1. The number of aromatic nitrogens is 2. The molecular weight excluding hydrogens is 202 g/mol. The second-order valence-electron chi connectivity index (χ2n) is 2.89. The number of aliphatic hydroxyl groups excluding tert-OH is 2. The summed E-state index contributed by atoms with van der Waals surface area (Å²) in [7, 11) is 0. The second kappa shape index (κ2) is 4.76. The minimum atomic E-state index is -1.65. The predicted molar refractivity (Wildman–Crippen MR) is 50.6 cm³/mol. The summed E-state index contributed by atoms with van der Waals surface area (Å²) < 4.78 is 4.54. The van der Waals surface area contributed by atoms with Crippen molar-refractivity contribution in [1.29, 1.82) is 0 Å². The van der Waals surface area contributed by atoms with Crippen molar-refractivity contribution in [2.75, 3.05) is 12.3 Å². The highest BCUT2D eigenvalue weighted by molar-refractivity contribution is 5.75. The minimum absolute atomic E-state index is 0.133. The molecule has 0 aliphatic carbocycles. The van der Waals surface area contributed by atoms with Crippen LogP contribution in [0.1, 0.15) is 18.7 Å². The molecule has 2 unspecified atom stereocenters. The SMILES string of the molecule is CCOC(=O)C(O)C(O)c1cc(N)n[nH]1. The summed E-state index contributed by atoms with van der Waals surface area (Å²) in [6.45, 7) is 1.74. The lowest BCUT2D eigenvalue weighted by molar-refractivity contribution is -0.159. The third-order valence-corrected chi connectivity index (χ3v) is 1.76. The number of esters is 1. The summed E-state index contributed by atoms with van der Waals surface area (Å²) in [5, 5.41) is 24.8. The zero-order valence-corrected chi connectivity index (χ0v) is 8.17. The standard InChI is InChI=1S/C8H13N3O4/c1-2-15-8(14)7(13)6(12)4-3-5(9)11-10-4/h3,6-7,12-13H,2H2,1H3,(H3,9,10,11). The molecule has 0 saturated carbocycles. The molecule has 0 bridgehead atoms. The summed E-state index contributed by atoms with van der Waals surface area (Å²) >= 11 is 0. The Morgan fingerprint density at radius 2 is 2.40 bits per heavy atom. The Hall–Kier alpha value is -1.60. The lowest BCUT2D eigenvalue weighted by Gasteiger charge is -2.14. The number of nitrogens with two attached hydrogens (primary N) is 1. The summed E-state index contributed by atoms with van der Waals surface area (Å²) in [6, 6.07) is 1.33. The molecule has 0 spiro atoms. The van der Waals surface area contributed by atoms with Crippen molar-refractivity contribution in [3.05, 3.63) is 11.8 Å². The number of nitrogens with zero attached hydrogens (tertiary/aromatic N) is 1. The first kappa shape index (κ1) is 11.5.